The van der Waals surface area contributed by atoms with E-state index in [2.05, 4.69) is 55.4 Å². The fraction of sp³-hybridized carbons (Fsp3) is 0.625. The van der Waals surface area contributed by atoms with Crippen LogP contribution < -0.4 is 0 Å². The van der Waals surface area contributed by atoms with Gasteiger partial charge in [-0.05, 0) is 35.8 Å². The Bertz CT molecular complexity index is 534. The van der Waals surface area contributed by atoms with E-state index >= 15 is 0 Å². The molecule has 0 radical (unpaired) electrons. The summed E-state index contributed by atoms with van der Waals surface area (Å²) in [5.74, 6) is 0. The summed E-state index contributed by atoms with van der Waals surface area (Å²) < 4.78 is 1.51. The minimum absolute atomic E-state index is 0.266. The van der Waals surface area contributed by atoms with Gasteiger partial charge in [0.15, 0.2) is 0 Å². The molecular formula is C16H24S2. The zero-order valence-electron chi connectivity index (χ0n) is 12.8. The van der Waals surface area contributed by atoms with Crippen molar-refractivity contribution >= 4 is 32.1 Å². The van der Waals surface area contributed by atoms with Crippen LogP contribution >= 0.6 is 22.7 Å². The molecule has 0 aromatic carbocycles. The molecule has 2 aromatic rings. The lowest BCUT2D eigenvalue weighted by molar-refractivity contribution is 0.599. The molecule has 2 rings (SSSR count). The largest absolute Gasteiger partial charge is 0.128 e. The Labute approximate surface area is 119 Å². The molecule has 2 heteroatoms. The summed E-state index contributed by atoms with van der Waals surface area (Å²) in [5.41, 5.74) is 3.54. The molecule has 0 bridgehead atoms. The van der Waals surface area contributed by atoms with Gasteiger partial charge < -0.3 is 0 Å². The van der Waals surface area contributed by atoms with Crippen molar-refractivity contribution in [1.29, 1.82) is 0 Å². The second-order valence-corrected chi connectivity index (χ2v) is 9.57. The van der Waals surface area contributed by atoms with E-state index in [1.165, 1.54) is 20.5 Å². The maximum atomic E-state index is 2.31. The van der Waals surface area contributed by atoms with Gasteiger partial charge in [0.1, 0.15) is 0 Å². The summed E-state index contributed by atoms with van der Waals surface area (Å²) in [6.07, 6.45) is 0. The van der Waals surface area contributed by atoms with Crippen molar-refractivity contribution in [3.8, 4) is 0 Å². The zero-order valence-corrected chi connectivity index (χ0v) is 14.4. The summed E-state index contributed by atoms with van der Waals surface area (Å²) in [6, 6.07) is 0. The van der Waals surface area contributed by atoms with Crippen LogP contribution in [-0.4, -0.2) is 0 Å². The first kappa shape index (κ1) is 14.1. The van der Waals surface area contributed by atoms with Crippen LogP contribution in [0.15, 0.2) is 0 Å². The summed E-state index contributed by atoms with van der Waals surface area (Å²) in [5, 5.41) is 1.53. The van der Waals surface area contributed by atoms with E-state index in [1.807, 2.05) is 22.7 Å². The van der Waals surface area contributed by atoms with Gasteiger partial charge in [-0.2, -0.15) is 0 Å². The van der Waals surface area contributed by atoms with Crippen LogP contribution in [-0.2, 0) is 10.8 Å². The van der Waals surface area contributed by atoms with Crippen molar-refractivity contribution in [2.75, 3.05) is 0 Å². The van der Waals surface area contributed by atoms with Gasteiger partial charge in [-0.1, -0.05) is 41.5 Å². The van der Waals surface area contributed by atoms with Crippen molar-refractivity contribution in [2.45, 2.75) is 66.2 Å². The SMILES string of the molecule is Cc1c(C(C)(C)C)sc2sc(C(C)(C)C)c(C)c12. The molecule has 0 aliphatic rings. The Hall–Kier alpha value is -0.340. The van der Waals surface area contributed by atoms with Crippen LogP contribution in [0.2, 0.25) is 0 Å². The second kappa shape index (κ2) is 4.08. The summed E-state index contributed by atoms with van der Waals surface area (Å²) >= 11 is 4.00. The van der Waals surface area contributed by atoms with Gasteiger partial charge in [0.25, 0.3) is 0 Å². The second-order valence-electron chi connectivity index (χ2n) is 7.27. The highest BCUT2D eigenvalue weighted by atomic mass is 32.2. The molecule has 0 unspecified atom stereocenters. The smallest absolute Gasteiger partial charge is 0.0876 e. The van der Waals surface area contributed by atoms with E-state index in [9.17, 15) is 0 Å². The molecule has 0 N–H and O–H groups in total. The van der Waals surface area contributed by atoms with Crippen molar-refractivity contribution in [3.05, 3.63) is 20.9 Å². The first-order chi connectivity index (χ1) is 8.03. The average Bonchev–Trinajstić information content (AvgIpc) is 2.64. The maximum absolute atomic E-state index is 2.31. The van der Waals surface area contributed by atoms with Crippen LogP contribution in [0.1, 0.15) is 62.4 Å². The van der Waals surface area contributed by atoms with E-state index in [0.717, 1.165) is 0 Å². The Morgan fingerprint density at radius 3 is 1.22 bits per heavy atom. The summed E-state index contributed by atoms with van der Waals surface area (Å²) in [6.45, 7) is 18.5. The maximum Gasteiger partial charge on any atom is 0.0876 e. The third kappa shape index (κ3) is 2.14. The molecule has 0 saturated heterocycles. The number of aryl methyl sites for hydroxylation is 2. The highest BCUT2D eigenvalue weighted by Crippen LogP contribution is 2.47. The fourth-order valence-electron chi connectivity index (χ4n) is 2.71. The van der Waals surface area contributed by atoms with E-state index in [-0.39, 0.29) is 10.8 Å². The van der Waals surface area contributed by atoms with E-state index in [1.54, 1.807) is 9.75 Å². The highest BCUT2D eigenvalue weighted by molar-refractivity contribution is 7.38. The number of hydrogen-bond donors (Lipinski definition) is 0. The van der Waals surface area contributed by atoms with Crippen molar-refractivity contribution < 1.29 is 0 Å². The van der Waals surface area contributed by atoms with Gasteiger partial charge in [-0.3, -0.25) is 0 Å². The Balaban J connectivity index is 2.73. The lowest BCUT2D eigenvalue weighted by atomic mass is 9.88. The molecule has 0 saturated carbocycles. The van der Waals surface area contributed by atoms with Crippen molar-refractivity contribution in [1.82, 2.24) is 0 Å². The predicted octanol–water partition coefficient (Wildman–Crippen LogP) is 6.17. The van der Waals surface area contributed by atoms with E-state index < -0.39 is 0 Å². The number of hydrogen-bond acceptors (Lipinski definition) is 2. The lowest BCUT2D eigenvalue weighted by Gasteiger charge is -2.19. The molecule has 0 atom stereocenters. The summed E-state index contributed by atoms with van der Waals surface area (Å²) in [7, 11) is 0. The van der Waals surface area contributed by atoms with E-state index in [0.29, 0.717) is 0 Å². The number of thiophene rings is 2. The molecule has 0 nitrogen and oxygen atoms in total. The molecule has 0 spiro atoms. The van der Waals surface area contributed by atoms with Gasteiger partial charge in [0, 0.05) is 15.1 Å². The number of rotatable bonds is 0. The zero-order chi connectivity index (χ0) is 13.9. The standard InChI is InChI=1S/C16H24S2/c1-9-11-10(2)13(16(6,7)8)18-14(11)17-12(9)15(3,4)5/h1-8H3. The third-order valence-electron chi connectivity index (χ3n) is 3.39. The van der Waals surface area contributed by atoms with Crippen LogP contribution in [0.3, 0.4) is 0 Å². The van der Waals surface area contributed by atoms with Crippen molar-refractivity contribution in [2.24, 2.45) is 0 Å². The normalized spacial score (nSPS) is 13.6. The van der Waals surface area contributed by atoms with Gasteiger partial charge in [0.05, 0.1) is 4.01 Å². The first-order valence-electron chi connectivity index (χ1n) is 6.57. The van der Waals surface area contributed by atoms with Crippen LogP contribution in [0.5, 0.6) is 0 Å². The highest BCUT2D eigenvalue weighted by Gasteiger charge is 2.27. The molecular weight excluding hydrogens is 256 g/mol. The first-order valence-corrected chi connectivity index (χ1v) is 8.20. The quantitative estimate of drug-likeness (QED) is 0.541. The topological polar surface area (TPSA) is 0 Å². The van der Waals surface area contributed by atoms with E-state index in [4.69, 9.17) is 0 Å². The molecule has 100 valence electrons. The molecule has 0 amide bonds. The van der Waals surface area contributed by atoms with Crippen LogP contribution in [0.25, 0.3) is 9.40 Å². The molecule has 0 aliphatic carbocycles. The van der Waals surface area contributed by atoms with Crippen LogP contribution in [0, 0.1) is 13.8 Å². The molecule has 2 aromatic heterocycles. The Kier molecular flexibility index (Phi) is 3.19. The molecule has 2 heterocycles. The lowest BCUT2D eigenvalue weighted by Crippen LogP contribution is -2.11. The monoisotopic (exact) mass is 280 g/mol. The predicted molar refractivity (Wildman–Crippen MR) is 86.6 cm³/mol. The summed E-state index contributed by atoms with van der Waals surface area (Å²) in [4.78, 5) is 3.10. The molecule has 0 aliphatic heterocycles. The van der Waals surface area contributed by atoms with Gasteiger partial charge in [-0.25, -0.2) is 0 Å². The Morgan fingerprint density at radius 1 is 0.667 bits per heavy atom. The fourth-order valence-corrected chi connectivity index (χ4v) is 5.68. The minimum Gasteiger partial charge on any atom is -0.128 e. The van der Waals surface area contributed by atoms with Gasteiger partial charge >= 0.3 is 0 Å². The Morgan fingerprint density at radius 2 is 1.00 bits per heavy atom. The minimum atomic E-state index is 0.266. The molecule has 0 fully saturated rings. The van der Waals surface area contributed by atoms with Crippen LogP contribution in [0.4, 0.5) is 0 Å². The third-order valence-corrected chi connectivity index (χ3v) is 6.91. The number of fused-ring (bicyclic) bond motifs is 1. The van der Waals surface area contributed by atoms with Gasteiger partial charge in [0.2, 0.25) is 0 Å². The average molecular weight is 281 g/mol. The van der Waals surface area contributed by atoms with Crippen molar-refractivity contribution in [3.63, 3.8) is 0 Å². The molecule has 18 heavy (non-hydrogen) atoms. The van der Waals surface area contributed by atoms with Gasteiger partial charge in [-0.15, -0.1) is 22.7 Å².